The maximum absolute atomic E-state index is 5.73. The predicted molar refractivity (Wildman–Crippen MR) is 79.2 cm³/mol. The Balaban J connectivity index is 1.62. The van der Waals surface area contributed by atoms with Gasteiger partial charge in [0.1, 0.15) is 0 Å². The number of ether oxygens (including phenoxy) is 1. The van der Waals surface area contributed by atoms with E-state index in [4.69, 9.17) is 4.74 Å². The molecule has 0 aromatic heterocycles. The molecular weight excluding hydrogens is 232 g/mol. The normalized spacial score (nSPS) is 26.6. The minimum absolute atomic E-state index is 0.375. The minimum atomic E-state index is 0.375. The van der Waals surface area contributed by atoms with Gasteiger partial charge in [0, 0.05) is 5.41 Å². The zero-order valence-corrected chi connectivity index (χ0v) is 12.0. The molecule has 0 spiro atoms. The van der Waals surface area contributed by atoms with Crippen LogP contribution >= 0.6 is 0 Å². The van der Waals surface area contributed by atoms with Crippen molar-refractivity contribution in [2.75, 3.05) is 13.2 Å². The van der Waals surface area contributed by atoms with Crippen molar-refractivity contribution in [3.8, 4) is 0 Å². The Kier molecular flexibility index (Phi) is 3.74. The summed E-state index contributed by atoms with van der Waals surface area (Å²) in [4.78, 5) is 0. The molecule has 1 aliphatic carbocycles. The monoisotopic (exact) mass is 256 g/mol. The Morgan fingerprint density at radius 1 is 1.16 bits per heavy atom. The molecule has 1 aromatic carbocycles. The van der Waals surface area contributed by atoms with Crippen LogP contribution in [0.25, 0.3) is 0 Å². The van der Waals surface area contributed by atoms with Crippen LogP contribution in [0.5, 0.6) is 0 Å². The van der Waals surface area contributed by atoms with Gasteiger partial charge in [0.2, 0.25) is 0 Å². The fourth-order valence-corrected chi connectivity index (χ4v) is 3.66. The second kappa shape index (κ2) is 5.50. The van der Waals surface area contributed by atoms with Gasteiger partial charge in [-0.2, -0.15) is 0 Å². The van der Waals surface area contributed by atoms with Crippen LogP contribution in [0.15, 0.2) is 41.5 Å². The van der Waals surface area contributed by atoms with Crippen LogP contribution in [0.1, 0.15) is 44.6 Å². The standard InChI is InChI=1S/C18H24O/c1-18-12-6-11-16(17(18)13-19-14-18)10-5-9-15-7-3-2-4-8-15/h2-4,7-8H,5-6,9-14H2,1H3. The topological polar surface area (TPSA) is 9.23 Å². The zero-order valence-electron chi connectivity index (χ0n) is 12.0. The van der Waals surface area contributed by atoms with E-state index in [-0.39, 0.29) is 0 Å². The van der Waals surface area contributed by atoms with E-state index in [0.29, 0.717) is 5.41 Å². The molecule has 1 heterocycles. The van der Waals surface area contributed by atoms with E-state index in [1.54, 1.807) is 11.1 Å². The van der Waals surface area contributed by atoms with Crippen LogP contribution in [0.2, 0.25) is 0 Å². The molecule has 1 unspecified atom stereocenters. The van der Waals surface area contributed by atoms with Gasteiger partial charge < -0.3 is 4.74 Å². The van der Waals surface area contributed by atoms with E-state index in [0.717, 1.165) is 13.2 Å². The van der Waals surface area contributed by atoms with Crippen LogP contribution in [0.4, 0.5) is 0 Å². The fourth-order valence-electron chi connectivity index (χ4n) is 3.66. The molecule has 1 aromatic rings. The lowest BCUT2D eigenvalue weighted by atomic mass is 9.72. The summed E-state index contributed by atoms with van der Waals surface area (Å²) in [6, 6.07) is 10.8. The lowest BCUT2D eigenvalue weighted by molar-refractivity contribution is 0.154. The quantitative estimate of drug-likeness (QED) is 0.719. The molecule has 0 radical (unpaired) electrons. The number of rotatable bonds is 4. The van der Waals surface area contributed by atoms with E-state index in [1.807, 2.05) is 0 Å². The van der Waals surface area contributed by atoms with Crippen molar-refractivity contribution in [3.63, 3.8) is 0 Å². The summed E-state index contributed by atoms with van der Waals surface area (Å²) in [6.45, 7) is 4.24. The Labute approximate surface area is 116 Å². The molecule has 3 rings (SSSR count). The first-order valence-electron chi connectivity index (χ1n) is 7.61. The van der Waals surface area contributed by atoms with E-state index >= 15 is 0 Å². The highest BCUT2D eigenvalue weighted by Crippen LogP contribution is 2.45. The Morgan fingerprint density at radius 2 is 2.00 bits per heavy atom. The lowest BCUT2D eigenvalue weighted by Gasteiger charge is -2.31. The van der Waals surface area contributed by atoms with E-state index in [1.165, 1.54) is 44.1 Å². The molecule has 1 aliphatic heterocycles. The molecule has 0 saturated carbocycles. The van der Waals surface area contributed by atoms with Gasteiger partial charge in [0.05, 0.1) is 13.2 Å². The number of hydrogen-bond donors (Lipinski definition) is 0. The predicted octanol–water partition coefficient (Wildman–Crippen LogP) is 4.53. The number of allylic oxidation sites excluding steroid dienone is 1. The zero-order chi connectivity index (χ0) is 13.1. The van der Waals surface area contributed by atoms with Gasteiger partial charge in [-0.05, 0) is 49.7 Å². The molecule has 1 nitrogen and oxygen atoms in total. The number of fused-ring (bicyclic) bond motifs is 1. The maximum atomic E-state index is 5.73. The molecule has 102 valence electrons. The summed E-state index contributed by atoms with van der Waals surface area (Å²) in [5.41, 5.74) is 5.20. The molecule has 0 amide bonds. The average Bonchev–Trinajstić information content (AvgIpc) is 2.82. The summed E-state index contributed by atoms with van der Waals surface area (Å²) >= 11 is 0. The highest BCUT2D eigenvalue weighted by molar-refractivity contribution is 5.28. The van der Waals surface area contributed by atoms with Crippen LogP contribution in [-0.4, -0.2) is 13.2 Å². The Bertz CT molecular complexity index is 460. The summed E-state index contributed by atoms with van der Waals surface area (Å²) in [5, 5.41) is 0. The first-order valence-corrected chi connectivity index (χ1v) is 7.61. The van der Waals surface area contributed by atoms with Crippen molar-refractivity contribution in [1.29, 1.82) is 0 Å². The molecule has 19 heavy (non-hydrogen) atoms. The summed E-state index contributed by atoms with van der Waals surface area (Å²) in [7, 11) is 0. The third kappa shape index (κ3) is 2.76. The van der Waals surface area contributed by atoms with Gasteiger partial charge in [-0.15, -0.1) is 0 Å². The number of aryl methyl sites for hydroxylation is 1. The first kappa shape index (κ1) is 12.9. The summed E-state index contributed by atoms with van der Waals surface area (Å²) in [6.07, 6.45) is 7.73. The van der Waals surface area contributed by atoms with E-state index in [2.05, 4.69) is 37.3 Å². The molecule has 0 bridgehead atoms. The lowest BCUT2D eigenvalue weighted by Crippen LogP contribution is -2.23. The highest BCUT2D eigenvalue weighted by Gasteiger charge is 2.38. The van der Waals surface area contributed by atoms with Crippen molar-refractivity contribution >= 4 is 0 Å². The molecule has 2 aliphatic rings. The number of benzene rings is 1. The van der Waals surface area contributed by atoms with Crippen molar-refractivity contribution in [1.82, 2.24) is 0 Å². The Hall–Kier alpha value is -1.08. The van der Waals surface area contributed by atoms with Crippen LogP contribution in [0.3, 0.4) is 0 Å². The highest BCUT2D eigenvalue weighted by atomic mass is 16.5. The van der Waals surface area contributed by atoms with Crippen molar-refractivity contribution in [2.24, 2.45) is 5.41 Å². The largest absolute Gasteiger partial charge is 0.376 e. The molecule has 1 saturated heterocycles. The number of hydrogen-bond acceptors (Lipinski definition) is 1. The van der Waals surface area contributed by atoms with Gasteiger partial charge in [-0.3, -0.25) is 0 Å². The van der Waals surface area contributed by atoms with Crippen molar-refractivity contribution in [2.45, 2.75) is 45.4 Å². The van der Waals surface area contributed by atoms with Crippen LogP contribution < -0.4 is 0 Å². The molecule has 1 fully saturated rings. The summed E-state index contributed by atoms with van der Waals surface area (Å²) in [5.74, 6) is 0. The van der Waals surface area contributed by atoms with Gasteiger partial charge in [0.15, 0.2) is 0 Å². The first-order chi connectivity index (χ1) is 9.28. The average molecular weight is 256 g/mol. The second-order valence-corrected chi connectivity index (χ2v) is 6.33. The van der Waals surface area contributed by atoms with Crippen LogP contribution in [-0.2, 0) is 11.2 Å². The van der Waals surface area contributed by atoms with Gasteiger partial charge in [-0.25, -0.2) is 0 Å². The maximum Gasteiger partial charge on any atom is 0.0686 e. The van der Waals surface area contributed by atoms with Crippen molar-refractivity contribution < 1.29 is 4.74 Å². The second-order valence-electron chi connectivity index (χ2n) is 6.33. The molecule has 1 heteroatoms. The van der Waals surface area contributed by atoms with Crippen molar-refractivity contribution in [3.05, 3.63) is 47.0 Å². The van der Waals surface area contributed by atoms with Gasteiger partial charge >= 0.3 is 0 Å². The fraction of sp³-hybridized carbons (Fsp3) is 0.556. The van der Waals surface area contributed by atoms with Gasteiger partial charge in [0.25, 0.3) is 0 Å². The SMILES string of the molecule is CC12CCCC(CCCc3ccccc3)=C1COC2. The van der Waals surface area contributed by atoms with Crippen LogP contribution in [0, 0.1) is 5.41 Å². The third-order valence-electron chi connectivity index (χ3n) is 4.82. The van der Waals surface area contributed by atoms with E-state index in [9.17, 15) is 0 Å². The van der Waals surface area contributed by atoms with E-state index < -0.39 is 0 Å². The minimum Gasteiger partial charge on any atom is -0.376 e. The smallest absolute Gasteiger partial charge is 0.0686 e. The van der Waals surface area contributed by atoms with Gasteiger partial charge in [-0.1, -0.05) is 42.8 Å². The molecule has 0 N–H and O–H groups in total. The molecule has 1 atom stereocenters. The molecular formula is C18H24O. The third-order valence-corrected chi connectivity index (χ3v) is 4.82. The summed E-state index contributed by atoms with van der Waals surface area (Å²) < 4.78 is 5.73. The Morgan fingerprint density at radius 3 is 2.84 bits per heavy atom.